The van der Waals surface area contributed by atoms with Crippen molar-refractivity contribution in [2.75, 3.05) is 5.32 Å². The van der Waals surface area contributed by atoms with Gasteiger partial charge in [0.2, 0.25) is 0 Å². The van der Waals surface area contributed by atoms with Gasteiger partial charge in [0.1, 0.15) is 5.82 Å². The molecule has 1 aromatic rings. The molecule has 5 heteroatoms. The number of aryl methyl sites for hydroxylation is 1. The van der Waals surface area contributed by atoms with Crippen molar-refractivity contribution >= 4 is 11.8 Å². The number of aromatic nitrogens is 2. The number of H-pyrrole nitrogens is 1. The van der Waals surface area contributed by atoms with Crippen LogP contribution in [0.1, 0.15) is 5.56 Å². The van der Waals surface area contributed by atoms with Crippen LogP contribution in [-0.4, -0.2) is 16.2 Å². The van der Waals surface area contributed by atoms with Gasteiger partial charge in [-0.05, 0) is 6.92 Å². The molecule has 0 fully saturated rings. The number of urea groups is 1. The maximum Gasteiger partial charge on any atom is 0.317 e. The molecule has 0 unspecified atom stereocenters. The molecular weight excluding hydrogens is 132 g/mol. The van der Waals surface area contributed by atoms with Crippen LogP contribution < -0.4 is 11.1 Å². The lowest BCUT2D eigenvalue weighted by molar-refractivity contribution is 0.259. The third-order valence-corrected chi connectivity index (χ3v) is 1.08. The molecule has 0 aliphatic rings. The maximum atomic E-state index is 10.3. The summed E-state index contributed by atoms with van der Waals surface area (Å²) in [5, 5.41) is 8.63. The Hall–Kier alpha value is -1.52. The van der Waals surface area contributed by atoms with Crippen LogP contribution >= 0.6 is 0 Å². The van der Waals surface area contributed by atoms with Gasteiger partial charge in [0.15, 0.2) is 0 Å². The summed E-state index contributed by atoms with van der Waals surface area (Å²) < 4.78 is 0. The Morgan fingerprint density at radius 3 is 3.00 bits per heavy atom. The normalized spacial score (nSPS) is 9.30. The summed E-state index contributed by atoms with van der Waals surface area (Å²) in [7, 11) is 0. The predicted octanol–water partition coefficient (Wildman–Crippen LogP) is 0.209. The van der Waals surface area contributed by atoms with Crippen LogP contribution in [-0.2, 0) is 0 Å². The van der Waals surface area contributed by atoms with E-state index in [0.29, 0.717) is 5.82 Å². The number of anilines is 1. The molecule has 1 rings (SSSR count). The van der Waals surface area contributed by atoms with E-state index in [9.17, 15) is 4.79 Å². The van der Waals surface area contributed by atoms with Gasteiger partial charge in [-0.1, -0.05) is 0 Å². The zero-order valence-electron chi connectivity index (χ0n) is 5.51. The number of hydrogen-bond donors (Lipinski definition) is 3. The highest BCUT2D eigenvalue weighted by molar-refractivity contribution is 5.87. The van der Waals surface area contributed by atoms with E-state index in [1.807, 2.05) is 6.92 Å². The topological polar surface area (TPSA) is 83.8 Å². The molecule has 0 spiro atoms. The molecular formula is C5H8N4O. The first kappa shape index (κ1) is 6.60. The zero-order valence-corrected chi connectivity index (χ0v) is 5.51. The third-order valence-electron chi connectivity index (χ3n) is 1.08. The van der Waals surface area contributed by atoms with E-state index < -0.39 is 6.03 Å². The van der Waals surface area contributed by atoms with Crippen molar-refractivity contribution in [1.82, 2.24) is 10.2 Å². The highest BCUT2D eigenvalue weighted by atomic mass is 16.2. The summed E-state index contributed by atoms with van der Waals surface area (Å²) in [6.07, 6.45) is 1.60. The quantitative estimate of drug-likeness (QED) is 0.521. The van der Waals surface area contributed by atoms with E-state index in [4.69, 9.17) is 5.73 Å². The number of aromatic amines is 1. The molecule has 1 aromatic heterocycles. The number of amides is 2. The van der Waals surface area contributed by atoms with Gasteiger partial charge in [-0.25, -0.2) is 4.79 Å². The first-order chi connectivity index (χ1) is 4.70. The van der Waals surface area contributed by atoms with Gasteiger partial charge in [0.25, 0.3) is 0 Å². The molecule has 4 N–H and O–H groups in total. The maximum absolute atomic E-state index is 10.3. The van der Waals surface area contributed by atoms with Crippen molar-refractivity contribution in [2.24, 2.45) is 5.73 Å². The van der Waals surface area contributed by atoms with E-state index in [1.165, 1.54) is 0 Å². The Bertz CT molecular complexity index is 242. The first-order valence-corrected chi connectivity index (χ1v) is 2.76. The predicted molar refractivity (Wildman–Crippen MR) is 36.5 cm³/mol. The molecule has 0 atom stereocenters. The standard InChI is InChI=1S/C5H8N4O/c1-3-2-7-9-4(3)8-5(6)10/h2H,1H3,(H4,6,7,8,9,10). The second-order valence-electron chi connectivity index (χ2n) is 1.92. The fourth-order valence-corrected chi connectivity index (χ4v) is 0.596. The van der Waals surface area contributed by atoms with Crippen LogP contribution in [0.3, 0.4) is 0 Å². The average molecular weight is 140 g/mol. The summed E-state index contributed by atoms with van der Waals surface area (Å²) in [6, 6.07) is -0.590. The number of hydrogen-bond acceptors (Lipinski definition) is 2. The van der Waals surface area contributed by atoms with Crippen LogP contribution in [0.2, 0.25) is 0 Å². The largest absolute Gasteiger partial charge is 0.351 e. The second-order valence-corrected chi connectivity index (χ2v) is 1.92. The summed E-state index contributed by atoms with van der Waals surface area (Å²) in [5.41, 5.74) is 5.71. The van der Waals surface area contributed by atoms with Crippen LogP contribution in [0, 0.1) is 6.92 Å². The number of carbonyl (C=O) groups excluding carboxylic acids is 1. The lowest BCUT2D eigenvalue weighted by Gasteiger charge is -1.96. The van der Waals surface area contributed by atoms with Gasteiger partial charge in [0, 0.05) is 5.56 Å². The molecule has 0 aromatic carbocycles. The van der Waals surface area contributed by atoms with Gasteiger partial charge >= 0.3 is 6.03 Å². The molecule has 0 radical (unpaired) electrons. The van der Waals surface area contributed by atoms with Crippen LogP contribution in [0.25, 0.3) is 0 Å². The number of carbonyl (C=O) groups is 1. The van der Waals surface area contributed by atoms with Crippen LogP contribution in [0.5, 0.6) is 0 Å². The minimum atomic E-state index is -0.590. The van der Waals surface area contributed by atoms with Gasteiger partial charge in [-0.3, -0.25) is 10.4 Å². The number of rotatable bonds is 1. The van der Waals surface area contributed by atoms with Gasteiger partial charge in [-0.2, -0.15) is 5.10 Å². The molecule has 0 saturated carbocycles. The molecule has 10 heavy (non-hydrogen) atoms. The van der Waals surface area contributed by atoms with Crippen molar-refractivity contribution in [2.45, 2.75) is 6.92 Å². The van der Waals surface area contributed by atoms with E-state index in [0.717, 1.165) is 5.56 Å². The Kier molecular flexibility index (Phi) is 1.57. The highest BCUT2D eigenvalue weighted by Gasteiger charge is 1.99. The molecule has 2 amide bonds. The van der Waals surface area contributed by atoms with Gasteiger partial charge in [-0.15, -0.1) is 0 Å². The minimum Gasteiger partial charge on any atom is -0.351 e. The third kappa shape index (κ3) is 1.25. The average Bonchev–Trinajstić information content (AvgIpc) is 2.15. The summed E-state index contributed by atoms with van der Waals surface area (Å²) in [4.78, 5) is 10.3. The van der Waals surface area contributed by atoms with E-state index >= 15 is 0 Å². The second kappa shape index (κ2) is 2.38. The molecule has 54 valence electrons. The van der Waals surface area contributed by atoms with Crippen LogP contribution in [0.4, 0.5) is 10.6 Å². The zero-order chi connectivity index (χ0) is 7.56. The van der Waals surface area contributed by atoms with Crippen molar-refractivity contribution < 1.29 is 4.79 Å². The fourth-order valence-electron chi connectivity index (χ4n) is 0.596. The Balaban J connectivity index is 2.74. The molecule has 5 nitrogen and oxygen atoms in total. The molecule has 0 aliphatic carbocycles. The molecule has 1 heterocycles. The van der Waals surface area contributed by atoms with Gasteiger partial charge in [0.05, 0.1) is 6.20 Å². The van der Waals surface area contributed by atoms with Crippen molar-refractivity contribution in [3.8, 4) is 0 Å². The smallest absolute Gasteiger partial charge is 0.317 e. The van der Waals surface area contributed by atoms with Crippen molar-refractivity contribution in [1.29, 1.82) is 0 Å². The summed E-state index contributed by atoms with van der Waals surface area (Å²) in [6.45, 7) is 1.81. The fraction of sp³-hybridized carbons (Fsp3) is 0.200. The number of nitrogens with two attached hydrogens (primary N) is 1. The first-order valence-electron chi connectivity index (χ1n) is 2.76. The van der Waals surface area contributed by atoms with E-state index in [2.05, 4.69) is 15.5 Å². The van der Waals surface area contributed by atoms with Crippen molar-refractivity contribution in [3.63, 3.8) is 0 Å². The molecule has 0 bridgehead atoms. The molecule has 0 aliphatic heterocycles. The Morgan fingerprint density at radius 2 is 2.60 bits per heavy atom. The monoisotopic (exact) mass is 140 g/mol. The minimum absolute atomic E-state index is 0.549. The SMILES string of the molecule is Cc1cn[nH]c1NC(N)=O. The lowest BCUT2D eigenvalue weighted by Crippen LogP contribution is -2.19. The number of primary amides is 1. The summed E-state index contributed by atoms with van der Waals surface area (Å²) >= 11 is 0. The molecule has 0 saturated heterocycles. The number of nitrogens with one attached hydrogen (secondary N) is 2. The Labute approximate surface area is 57.6 Å². The van der Waals surface area contributed by atoms with Crippen molar-refractivity contribution in [3.05, 3.63) is 11.8 Å². The highest BCUT2D eigenvalue weighted by Crippen LogP contribution is 2.06. The van der Waals surface area contributed by atoms with Gasteiger partial charge < -0.3 is 5.73 Å². The summed E-state index contributed by atoms with van der Waals surface area (Å²) in [5.74, 6) is 0.549. The lowest BCUT2D eigenvalue weighted by atomic mass is 10.4. The Morgan fingerprint density at radius 1 is 1.90 bits per heavy atom. The number of nitrogens with zero attached hydrogens (tertiary/aromatic N) is 1. The van der Waals surface area contributed by atoms with E-state index in [-0.39, 0.29) is 0 Å². The van der Waals surface area contributed by atoms with E-state index in [1.54, 1.807) is 6.20 Å². The van der Waals surface area contributed by atoms with Crippen LogP contribution in [0.15, 0.2) is 6.20 Å².